The summed E-state index contributed by atoms with van der Waals surface area (Å²) in [5, 5.41) is 7.22. The molecule has 258 valence electrons. The summed E-state index contributed by atoms with van der Waals surface area (Å²) in [6.07, 6.45) is 0. The highest BCUT2D eigenvalue weighted by molar-refractivity contribution is 7.26. The van der Waals surface area contributed by atoms with Crippen LogP contribution in [0.25, 0.3) is 86.3 Å². The summed E-state index contributed by atoms with van der Waals surface area (Å²) in [5.41, 5.74) is 12.1. The maximum Gasteiger partial charge on any atom is 0.135 e. The summed E-state index contributed by atoms with van der Waals surface area (Å²) in [5.74, 6) is 0. The number of hydrogen-bond donors (Lipinski definition) is 0. The molecule has 11 rings (SSSR count). The molecule has 0 aliphatic carbocycles. The fourth-order valence-corrected chi connectivity index (χ4v) is 9.49. The van der Waals surface area contributed by atoms with Crippen molar-refractivity contribution in [3.8, 4) is 33.4 Å². The molecule has 0 bridgehead atoms. The van der Waals surface area contributed by atoms with E-state index in [0.717, 1.165) is 61.3 Å². The first-order chi connectivity index (χ1) is 27.3. The monoisotopic (exact) mass is 719 g/mol. The summed E-state index contributed by atoms with van der Waals surface area (Å²) >= 11 is 1.85. The van der Waals surface area contributed by atoms with E-state index in [1.54, 1.807) is 0 Å². The molecule has 0 radical (unpaired) electrons. The second kappa shape index (κ2) is 12.9. The Labute approximate surface area is 322 Å². The molecule has 3 heteroatoms. The number of fused-ring (bicyclic) bond motifs is 7. The number of nitrogens with zero attached hydrogens (tertiary/aromatic N) is 1. The van der Waals surface area contributed by atoms with E-state index in [1.165, 1.54) is 42.1 Å². The summed E-state index contributed by atoms with van der Waals surface area (Å²) in [6.45, 7) is 0. The molecule has 2 aromatic heterocycles. The van der Waals surface area contributed by atoms with Gasteiger partial charge in [0.1, 0.15) is 11.2 Å². The fourth-order valence-electron chi connectivity index (χ4n) is 8.36. The standard InChI is InChI=1S/C52H33NOS/c1-2-14-35(15-3-1)41-30-28-37(39-22-12-17-34-16-4-5-18-38(34)39)33-47(41)53(46-24-13-27-51-52(46)43-21-8-11-26-50(43)55-51)45-23-9-6-19-40(45)36-29-31-49-44(32-36)42-20-7-10-25-48(42)54-49/h1-33H. The largest absolute Gasteiger partial charge is 0.456 e. The number of hydrogen-bond acceptors (Lipinski definition) is 3. The van der Waals surface area contributed by atoms with Gasteiger partial charge >= 0.3 is 0 Å². The summed E-state index contributed by atoms with van der Waals surface area (Å²) < 4.78 is 8.82. The SMILES string of the molecule is c1ccc(-c2ccc(-c3cccc4ccccc34)cc2N(c2ccccc2-c2ccc3oc4ccccc4c3c2)c2cccc3sc4ccccc4c23)cc1. The molecule has 55 heavy (non-hydrogen) atoms. The first-order valence-electron chi connectivity index (χ1n) is 18.7. The second-order valence-electron chi connectivity index (χ2n) is 14.0. The van der Waals surface area contributed by atoms with Gasteiger partial charge in [0.25, 0.3) is 0 Å². The molecule has 0 unspecified atom stereocenters. The van der Waals surface area contributed by atoms with Gasteiger partial charge in [-0.15, -0.1) is 11.3 Å². The van der Waals surface area contributed by atoms with E-state index in [4.69, 9.17) is 4.42 Å². The van der Waals surface area contributed by atoms with Crippen LogP contribution in [0.2, 0.25) is 0 Å². The Morgan fingerprint density at radius 2 is 0.964 bits per heavy atom. The topological polar surface area (TPSA) is 16.4 Å². The maximum atomic E-state index is 6.28. The van der Waals surface area contributed by atoms with Crippen LogP contribution in [-0.4, -0.2) is 0 Å². The Balaban J connectivity index is 1.24. The lowest BCUT2D eigenvalue weighted by atomic mass is 9.93. The van der Waals surface area contributed by atoms with Crippen molar-refractivity contribution in [1.82, 2.24) is 0 Å². The zero-order valence-corrected chi connectivity index (χ0v) is 30.6. The van der Waals surface area contributed by atoms with Crippen LogP contribution in [0.3, 0.4) is 0 Å². The van der Waals surface area contributed by atoms with Crippen molar-refractivity contribution >= 4 is 81.3 Å². The van der Waals surface area contributed by atoms with Crippen molar-refractivity contribution in [2.75, 3.05) is 4.90 Å². The molecular weight excluding hydrogens is 687 g/mol. The Hall–Kier alpha value is -6.94. The van der Waals surface area contributed by atoms with E-state index in [0.29, 0.717) is 0 Å². The molecule has 0 fully saturated rings. The Bertz CT molecular complexity index is 3220. The Morgan fingerprint density at radius 1 is 0.345 bits per heavy atom. The quantitative estimate of drug-likeness (QED) is 0.170. The Morgan fingerprint density at radius 3 is 1.89 bits per heavy atom. The predicted octanol–water partition coefficient (Wildman–Crippen LogP) is 15.6. The van der Waals surface area contributed by atoms with E-state index in [-0.39, 0.29) is 0 Å². The molecule has 9 aromatic carbocycles. The van der Waals surface area contributed by atoms with Crippen LogP contribution >= 0.6 is 11.3 Å². The van der Waals surface area contributed by atoms with Crippen LogP contribution in [0.15, 0.2) is 205 Å². The first-order valence-corrected chi connectivity index (χ1v) is 19.5. The fraction of sp³-hybridized carbons (Fsp3) is 0. The van der Waals surface area contributed by atoms with Crippen molar-refractivity contribution < 1.29 is 4.42 Å². The molecule has 0 saturated carbocycles. The van der Waals surface area contributed by atoms with E-state index in [1.807, 2.05) is 23.5 Å². The van der Waals surface area contributed by atoms with Crippen LogP contribution in [-0.2, 0) is 0 Å². The van der Waals surface area contributed by atoms with Crippen molar-refractivity contribution in [3.63, 3.8) is 0 Å². The van der Waals surface area contributed by atoms with Crippen LogP contribution in [0.1, 0.15) is 0 Å². The number of rotatable bonds is 6. The van der Waals surface area contributed by atoms with Gasteiger partial charge in [0.05, 0.1) is 17.1 Å². The third-order valence-corrected chi connectivity index (χ3v) is 12.0. The summed E-state index contributed by atoms with van der Waals surface area (Å²) in [6, 6.07) is 72.5. The molecule has 0 spiro atoms. The molecule has 0 aliphatic heterocycles. The molecule has 0 aliphatic rings. The maximum absolute atomic E-state index is 6.28. The minimum atomic E-state index is 0.892. The van der Waals surface area contributed by atoms with Crippen LogP contribution in [0, 0.1) is 0 Å². The van der Waals surface area contributed by atoms with E-state index in [2.05, 4.69) is 193 Å². The van der Waals surface area contributed by atoms with Crippen molar-refractivity contribution in [3.05, 3.63) is 200 Å². The predicted molar refractivity (Wildman–Crippen MR) is 235 cm³/mol. The summed E-state index contributed by atoms with van der Waals surface area (Å²) in [7, 11) is 0. The van der Waals surface area contributed by atoms with E-state index >= 15 is 0 Å². The van der Waals surface area contributed by atoms with Gasteiger partial charge in [0.15, 0.2) is 0 Å². The highest BCUT2D eigenvalue weighted by Gasteiger charge is 2.25. The van der Waals surface area contributed by atoms with Crippen LogP contribution in [0.5, 0.6) is 0 Å². The lowest BCUT2D eigenvalue weighted by Gasteiger charge is -2.31. The van der Waals surface area contributed by atoms with Crippen molar-refractivity contribution in [1.29, 1.82) is 0 Å². The lowest BCUT2D eigenvalue weighted by Crippen LogP contribution is -2.13. The third-order valence-electron chi connectivity index (χ3n) is 10.9. The third kappa shape index (κ3) is 5.24. The number of para-hydroxylation sites is 2. The second-order valence-corrected chi connectivity index (χ2v) is 15.1. The van der Waals surface area contributed by atoms with Crippen LogP contribution < -0.4 is 4.90 Å². The van der Waals surface area contributed by atoms with Gasteiger partial charge in [-0.25, -0.2) is 0 Å². The normalized spacial score (nSPS) is 11.6. The molecular formula is C52H33NOS. The number of thiophene rings is 1. The smallest absolute Gasteiger partial charge is 0.135 e. The number of benzene rings is 9. The van der Waals surface area contributed by atoms with Gasteiger partial charge in [-0.05, 0) is 81.6 Å². The Kier molecular flexibility index (Phi) is 7.39. The molecule has 0 N–H and O–H groups in total. The molecule has 0 saturated heterocycles. The first kappa shape index (κ1) is 31.6. The zero-order valence-electron chi connectivity index (χ0n) is 29.8. The van der Waals surface area contributed by atoms with Gasteiger partial charge in [0.2, 0.25) is 0 Å². The minimum Gasteiger partial charge on any atom is -0.456 e. The average Bonchev–Trinajstić information content (AvgIpc) is 3.83. The van der Waals surface area contributed by atoms with Crippen molar-refractivity contribution in [2.24, 2.45) is 0 Å². The average molecular weight is 720 g/mol. The van der Waals surface area contributed by atoms with Crippen molar-refractivity contribution in [2.45, 2.75) is 0 Å². The van der Waals surface area contributed by atoms with Gasteiger partial charge in [-0.3, -0.25) is 0 Å². The number of furan rings is 1. The molecule has 11 aromatic rings. The highest BCUT2D eigenvalue weighted by atomic mass is 32.1. The lowest BCUT2D eigenvalue weighted by molar-refractivity contribution is 0.669. The van der Waals surface area contributed by atoms with E-state index in [9.17, 15) is 0 Å². The van der Waals surface area contributed by atoms with Gasteiger partial charge < -0.3 is 9.32 Å². The zero-order chi connectivity index (χ0) is 36.3. The van der Waals surface area contributed by atoms with Gasteiger partial charge in [-0.1, -0.05) is 152 Å². The molecule has 0 atom stereocenters. The molecule has 0 amide bonds. The van der Waals surface area contributed by atoms with Crippen LogP contribution in [0.4, 0.5) is 17.1 Å². The highest BCUT2D eigenvalue weighted by Crippen LogP contribution is 2.50. The summed E-state index contributed by atoms with van der Waals surface area (Å²) in [4.78, 5) is 2.52. The van der Waals surface area contributed by atoms with E-state index < -0.39 is 0 Å². The van der Waals surface area contributed by atoms with Gasteiger partial charge in [-0.2, -0.15) is 0 Å². The molecule has 2 nitrogen and oxygen atoms in total. The minimum absolute atomic E-state index is 0.892. The van der Waals surface area contributed by atoms with Gasteiger partial charge in [0, 0.05) is 42.1 Å². The molecule has 2 heterocycles. The number of anilines is 3.